The summed E-state index contributed by atoms with van der Waals surface area (Å²) in [7, 11) is 1.39. The largest absolute Gasteiger partial charge is 0.444 e. The van der Waals surface area contributed by atoms with Gasteiger partial charge >= 0.3 is 6.09 Å². The van der Waals surface area contributed by atoms with Gasteiger partial charge in [0, 0.05) is 51.1 Å². The van der Waals surface area contributed by atoms with Crippen molar-refractivity contribution >= 4 is 6.09 Å². The Morgan fingerprint density at radius 3 is 2.40 bits per heavy atom. The summed E-state index contributed by atoms with van der Waals surface area (Å²) in [5, 5.41) is 44.4. The third-order valence-electron chi connectivity index (χ3n) is 8.00. The number of piperidine rings is 1. The minimum absolute atomic E-state index is 0.00514. The Morgan fingerprint density at radius 2 is 1.80 bits per heavy atom. The van der Waals surface area contributed by atoms with E-state index in [2.05, 4.69) is 15.5 Å². The number of halogens is 3. The van der Waals surface area contributed by atoms with Gasteiger partial charge in [-0.3, -0.25) is 0 Å². The summed E-state index contributed by atoms with van der Waals surface area (Å²) in [4.78, 5) is 14.0. The predicted molar refractivity (Wildman–Crippen MR) is 148 cm³/mol. The summed E-state index contributed by atoms with van der Waals surface area (Å²) < 4.78 is 65.0. The Labute approximate surface area is 256 Å². The first-order valence-electron chi connectivity index (χ1n) is 14.4. The number of nitrogens with zero attached hydrogens (tertiary/aromatic N) is 5. The number of carbonyl (C=O) groups is 1. The first-order valence-corrected chi connectivity index (χ1v) is 14.4. The van der Waals surface area contributed by atoms with Crippen LogP contribution in [0.15, 0.2) is 28.9 Å². The van der Waals surface area contributed by atoms with Gasteiger partial charge in [0.05, 0.1) is 24.6 Å². The van der Waals surface area contributed by atoms with Crippen LogP contribution in [-0.4, -0.2) is 103 Å². The highest BCUT2D eigenvalue weighted by Gasteiger charge is 2.48. The smallest absolute Gasteiger partial charge is 0.410 e. The molecule has 2 aliphatic heterocycles. The summed E-state index contributed by atoms with van der Waals surface area (Å²) in [5.41, 5.74) is -1.70. The van der Waals surface area contributed by atoms with Crippen molar-refractivity contribution in [3.05, 3.63) is 53.3 Å². The van der Waals surface area contributed by atoms with Crippen LogP contribution < -0.4 is 0 Å². The van der Waals surface area contributed by atoms with Gasteiger partial charge in [-0.2, -0.15) is 0 Å². The fourth-order valence-electron chi connectivity index (χ4n) is 5.65. The number of aliphatic hydroxyl groups excluding tert-OH is 2. The molecule has 13 nitrogen and oxygen atoms in total. The van der Waals surface area contributed by atoms with Gasteiger partial charge in [-0.25, -0.2) is 22.6 Å². The topological polar surface area (TPSA) is 165 Å². The molecule has 1 amide bonds. The second-order valence-electron chi connectivity index (χ2n) is 12.3. The second kappa shape index (κ2) is 12.7. The Morgan fingerprint density at radius 1 is 1.13 bits per heavy atom. The van der Waals surface area contributed by atoms with E-state index in [-0.39, 0.29) is 49.4 Å². The molecular formula is C29H36F3N5O8. The van der Waals surface area contributed by atoms with Crippen LogP contribution in [0.25, 0.3) is 11.3 Å². The molecule has 3 N–H and O–H groups in total. The molecule has 5 rings (SSSR count). The lowest BCUT2D eigenvalue weighted by Gasteiger charge is -2.43. The number of hydrogen-bond donors (Lipinski definition) is 3. The molecule has 2 aliphatic rings. The first kappa shape index (κ1) is 32.8. The summed E-state index contributed by atoms with van der Waals surface area (Å²) in [5.74, 6) is -4.20. The molecule has 0 spiro atoms. The minimum atomic E-state index is -1.62. The van der Waals surface area contributed by atoms with Crippen molar-refractivity contribution in [2.45, 2.75) is 81.7 Å². The van der Waals surface area contributed by atoms with E-state index in [0.717, 1.165) is 12.1 Å². The number of benzene rings is 1. The van der Waals surface area contributed by atoms with Crippen molar-refractivity contribution in [1.29, 1.82) is 0 Å². The Bertz CT molecular complexity index is 1480. The van der Waals surface area contributed by atoms with E-state index in [9.17, 15) is 33.3 Å². The Kier molecular flexibility index (Phi) is 9.24. The zero-order valence-electron chi connectivity index (χ0n) is 25.2. The lowest BCUT2D eigenvalue weighted by molar-refractivity contribution is -0.212. The lowest BCUT2D eigenvalue weighted by Crippen LogP contribution is -2.57. The number of likely N-dealkylation sites (tertiary alicyclic amines) is 1. The summed E-state index contributed by atoms with van der Waals surface area (Å²) in [6.07, 6.45) is -2.79. The van der Waals surface area contributed by atoms with Crippen molar-refractivity contribution in [1.82, 2.24) is 25.1 Å². The molecule has 0 bridgehead atoms. The molecule has 2 saturated heterocycles. The SMILES string of the molecule is CO[C@@H]1[C@@H](n2cc(-c3cc(F)c(F)c(F)c3)nn2)[C@@H](O)[C@@H](CO)O[C@@H]1Cc1cc(C2(O)CCN(C(=O)OC(C)(C)C)CC2)on1. The fourth-order valence-corrected chi connectivity index (χ4v) is 5.65. The van der Waals surface area contributed by atoms with E-state index in [1.807, 2.05) is 0 Å². The number of amides is 1. The molecular weight excluding hydrogens is 603 g/mol. The van der Waals surface area contributed by atoms with Gasteiger partial charge in [-0.15, -0.1) is 5.10 Å². The quantitative estimate of drug-likeness (QED) is 0.325. The predicted octanol–water partition coefficient (Wildman–Crippen LogP) is 2.49. The number of ether oxygens (including phenoxy) is 3. The standard InChI is InChI=1S/C29H36F3N5O8/c1-28(2,3)44-27(40)36-7-5-29(41,6-8-36)22-12-16(34-45-22)11-20-26(42-4)24(25(39)21(14-38)43-20)37-13-19(33-35-37)15-9-17(30)23(32)18(31)10-15/h9-10,12-13,20-21,24-26,38-39,41H,5-8,11,14H2,1-4H3/t20-,21-,24+,25+,26+/m1/s1. The van der Waals surface area contributed by atoms with Crippen LogP contribution in [0.3, 0.4) is 0 Å². The zero-order valence-corrected chi connectivity index (χ0v) is 25.2. The average Bonchev–Trinajstić information content (AvgIpc) is 3.66. The monoisotopic (exact) mass is 639 g/mol. The number of carbonyl (C=O) groups excluding carboxylic acids is 1. The lowest BCUT2D eigenvalue weighted by atomic mass is 9.88. The molecule has 246 valence electrons. The van der Waals surface area contributed by atoms with Crippen LogP contribution in [-0.2, 0) is 26.2 Å². The first-order chi connectivity index (χ1) is 21.2. The van der Waals surface area contributed by atoms with Crippen LogP contribution >= 0.6 is 0 Å². The molecule has 3 aromatic rings. The second-order valence-corrected chi connectivity index (χ2v) is 12.3. The van der Waals surface area contributed by atoms with Crippen molar-refractivity contribution in [2.24, 2.45) is 0 Å². The molecule has 5 atom stereocenters. The fraction of sp³-hybridized carbons (Fsp3) is 0.586. The maximum Gasteiger partial charge on any atom is 0.410 e. The molecule has 45 heavy (non-hydrogen) atoms. The third kappa shape index (κ3) is 6.84. The zero-order chi connectivity index (χ0) is 32.7. The van der Waals surface area contributed by atoms with Gasteiger partial charge in [0.25, 0.3) is 0 Å². The molecule has 0 unspecified atom stereocenters. The molecule has 0 aliphatic carbocycles. The maximum absolute atomic E-state index is 13.8. The van der Waals surface area contributed by atoms with Gasteiger partial charge in [0.15, 0.2) is 23.2 Å². The highest BCUT2D eigenvalue weighted by Crippen LogP contribution is 2.37. The van der Waals surface area contributed by atoms with Crippen molar-refractivity contribution in [3.63, 3.8) is 0 Å². The normalized spacial score (nSPS) is 25.4. The molecule has 2 aromatic heterocycles. The van der Waals surface area contributed by atoms with E-state index in [0.29, 0.717) is 5.69 Å². The van der Waals surface area contributed by atoms with Gasteiger partial charge in [0.1, 0.15) is 41.2 Å². The number of rotatable bonds is 7. The molecule has 16 heteroatoms. The van der Waals surface area contributed by atoms with Crippen LogP contribution in [0.2, 0.25) is 0 Å². The number of aliphatic hydroxyl groups is 3. The summed E-state index contributed by atoms with van der Waals surface area (Å²) >= 11 is 0. The van der Waals surface area contributed by atoms with Crippen LogP contribution in [0, 0.1) is 17.5 Å². The van der Waals surface area contributed by atoms with Gasteiger partial charge in [0.2, 0.25) is 0 Å². The third-order valence-corrected chi connectivity index (χ3v) is 8.00. The average molecular weight is 640 g/mol. The van der Waals surface area contributed by atoms with Crippen LogP contribution in [0.5, 0.6) is 0 Å². The van der Waals surface area contributed by atoms with E-state index in [1.165, 1.54) is 22.9 Å². The molecule has 4 heterocycles. The number of aromatic nitrogens is 4. The summed E-state index contributed by atoms with van der Waals surface area (Å²) in [6.45, 7) is 5.26. The van der Waals surface area contributed by atoms with Crippen LogP contribution in [0.4, 0.5) is 18.0 Å². The van der Waals surface area contributed by atoms with E-state index in [1.54, 1.807) is 26.8 Å². The van der Waals surface area contributed by atoms with E-state index >= 15 is 0 Å². The Hall–Kier alpha value is -3.57. The van der Waals surface area contributed by atoms with Crippen molar-refractivity contribution in [3.8, 4) is 11.3 Å². The van der Waals surface area contributed by atoms with Crippen molar-refractivity contribution in [2.75, 3.05) is 26.8 Å². The minimum Gasteiger partial charge on any atom is -0.444 e. The highest BCUT2D eigenvalue weighted by molar-refractivity contribution is 5.68. The van der Waals surface area contributed by atoms with Crippen LogP contribution in [0.1, 0.15) is 51.1 Å². The van der Waals surface area contributed by atoms with Gasteiger partial charge in [-0.05, 0) is 32.9 Å². The van der Waals surface area contributed by atoms with Gasteiger partial charge in [-0.1, -0.05) is 10.4 Å². The maximum atomic E-state index is 13.8. The van der Waals surface area contributed by atoms with E-state index in [4.69, 9.17) is 18.7 Å². The molecule has 0 radical (unpaired) electrons. The molecule has 2 fully saturated rings. The number of hydrogen-bond acceptors (Lipinski definition) is 11. The van der Waals surface area contributed by atoms with E-state index < -0.39 is 71.8 Å². The number of methoxy groups -OCH3 is 1. The molecule has 1 aromatic carbocycles. The van der Waals surface area contributed by atoms with Gasteiger partial charge < -0.3 is 39.0 Å². The Balaban J connectivity index is 1.32. The molecule has 0 saturated carbocycles. The highest BCUT2D eigenvalue weighted by atomic mass is 19.2. The summed E-state index contributed by atoms with van der Waals surface area (Å²) in [6, 6.07) is 2.16. The van der Waals surface area contributed by atoms with Crippen molar-refractivity contribution < 1.29 is 52.0 Å².